The molecule has 10 nitrogen and oxygen atoms in total. The Morgan fingerprint density at radius 2 is 0.719 bits per heavy atom. The van der Waals surface area contributed by atoms with Gasteiger partial charge in [0.15, 0.2) is 0 Å². The van der Waals surface area contributed by atoms with Crippen molar-refractivity contribution in [2.45, 2.75) is 38.5 Å². The highest BCUT2D eigenvalue weighted by Gasteiger charge is 2.07. The lowest BCUT2D eigenvalue weighted by Crippen LogP contribution is -2.01. The molecule has 0 bridgehead atoms. The van der Waals surface area contributed by atoms with E-state index in [2.05, 4.69) is 0 Å². The van der Waals surface area contributed by atoms with Gasteiger partial charge in [-0.05, 0) is 42.5 Å². The first-order valence-corrected chi connectivity index (χ1v) is 9.35. The first-order chi connectivity index (χ1) is 14.2. The van der Waals surface area contributed by atoms with Crippen LogP contribution in [0.2, 0.25) is 0 Å². The van der Waals surface area contributed by atoms with Gasteiger partial charge in [-0.1, -0.05) is 44.6 Å². The maximum atomic E-state index is 10.4. The summed E-state index contributed by atoms with van der Waals surface area (Å²) in [5, 5.41) is 33.9. The fourth-order valence-electron chi connectivity index (χ4n) is 2.60. The first-order valence-electron chi connectivity index (χ1n) is 9.35. The number of carboxylic acid groups (broad SMARTS) is 4. The van der Waals surface area contributed by atoms with Gasteiger partial charge >= 0.3 is 23.9 Å². The summed E-state index contributed by atoms with van der Waals surface area (Å²) in [4.78, 5) is 41.4. The number of hydrogen-bond acceptors (Lipinski definition) is 6. The Kier molecular flexibility index (Phi) is 15.2. The fraction of sp³-hybridized carbons (Fsp3) is 0.273. The second-order valence-electron chi connectivity index (χ2n) is 6.50. The molecule has 0 heterocycles. The van der Waals surface area contributed by atoms with Crippen molar-refractivity contribution in [1.82, 2.24) is 12.3 Å². The van der Waals surface area contributed by atoms with Crippen LogP contribution in [0.3, 0.4) is 0 Å². The van der Waals surface area contributed by atoms with Crippen LogP contribution >= 0.6 is 0 Å². The Hall–Kier alpha value is -3.76. The molecule has 0 aliphatic heterocycles. The Balaban J connectivity index is 0. The molecule has 32 heavy (non-hydrogen) atoms. The van der Waals surface area contributed by atoms with Crippen LogP contribution in [0, 0.1) is 0 Å². The maximum Gasteiger partial charge on any atom is 0.335 e. The zero-order valence-electron chi connectivity index (χ0n) is 17.7. The van der Waals surface area contributed by atoms with Crippen molar-refractivity contribution in [1.29, 1.82) is 0 Å². The van der Waals surface area contributed by atoms with E-state index < -0.39 is 23.9 Å². The molecular formula is C22H30N2O8. The van der Waals surface area contributed by atoms with Gasteiger partial charge < -0.3 is 32.7 Å². The monoisotopic (exact) mass is 450 g/mol. The lowest BCUT2D eigenvalue weighted by atomic mass is 10.0. The number of aromatic carboxylic acids is 4. The van der Waals surface area contributed by atoms with E-state index in [1.807, 2.05) is 0 Å². The van der Waals surface area contributed by atoms with Gasteiger partial charge in [0, 0.05) is 0 Å². The van der Waals surface area contributed by atoms with E-state index in [0.717, 1.165) is 6.07 Å². The summed E-state index contributed by atoms with van der Waals surface area (Å²) >= 11 is 0. The molecule has 0 saturated heterocycles. The van der Waals surface area contributed by atoms with Gasteiger partial charge in [0.25, 0.3) is 0 Å². The molecule has 176 valence electrons. The predicted octanol–water partition coefficient (Wildman–Crippen LogP) is 4.83. The van der Waals surface area contributed by atoms with Gasteiger partial charge in [0.2, 0.25) is 0 Å². The first kappa shape index (κ1) is 30.4. The van der Waals surface area contributed by atoms with Gasteiger partial charge in [0.1, 0.15) is 0 Å². The van der Waals surface area contributed by atoms with Crippen LogP contribution < -0.4 is 12.3 Å². The SMILES string of the molecule is C1CCCCC1.N.N.O=C(O)c1ccc(C(=O)O)cc1.O=C(O)c1cccc(C(=O)O)c1. The molecule has 3 rings (SSSR count). The number of benzene rings is 2. The number of hydrogen-bond donors (Lipinski definition) is 6. The van der Waals surface area contributed by atoms with Crippen LogP contribution in [0.5, 0.6) is 0 Å². The second kappa shape index (κ2) is 16.0. The summed E-state index contributed by atoms with van der Waals surface area (Å²) in [5.74, 6) is -4.38. The average Bonchev–Trinajstić information content (AvgIpc) is 2.76. The summed E-state index contributed by atoms with van der Waals surface area (Å²) in [5.41, 5.74) is 0.129. The summed E-state index contributed by atoms with van der Waals surface area (Å²) in [7, 11) is 0. The van der Waals surface area contributed by atoms with E-state index in [1.165, 1.54) is 81.0 Å². The molecule has 0 spiro atoms. The van der Waals surface area contributed by atoms with E-state index in [0.29, 0.717) is 0 Å². The lowest BCUT2D eigenvalue weighted by molar-refractivity contribution is 0.0681. The van der Waals surface area contributed by atoms with Crippen LogP contribution in [0.1, 0.15) is 80.0 Å². The van der Waals surface area contributed by atoms with Crippen LogP contribution in [-0.2, 0) is 0 Å². The predicted molar refractivity (Wildman–Crippen MR) is 118 cm³/mol. The standard InChI is InChI=1S/2C8H6O4.C6H12.2H3N/c9-7(10)5-1-2-6(4-3-5)8(11)12;9-7(10)5-2-1-3-6(4-5)8(11)12;1-2-4-6-5-3-1;;/h2*1-4H,(H,9,10)(H,11,12);1-6H2;2*1H3. The van der Waals surface area contributed by atoms with E-state index >= 15 is 0 Å². The third kappa shape index (κ3) is 11.4. The molecule has 1 aliphatic carbocycles. The van der Waals surface area contributed by atoms with Gasteiger partial charge in [-0.3, -0.25) is 0 Å². The molecule has 2 aromatic carbocycles. The van der Waals surface area contributed by atoms with E-state index in [-0.39, 0.29) is 34.6 Å². The maximum absolute atomic E-state index is 10.4. The molecule has 0 unspecified atom stereocenters. The molecule has 10 heteroatoms. The van der Waals surface area contributed by atoms with Gasteiger partial charge in [-0.25, -0.2) is 19.2 Å². The highest BCUT2D eigenvalue weighted by molar-refractivity contribution is 5.93. The summed E-state index contributed by atoms with van der Waals surface area (Å²) < 4.78 is 0. The molecule has 1 aliphatic rings. The molecule has 0 radical (unpaired) electrons. The molecular weight excluding hydrogens is 420 g/mol. The largest absolute Gasteiger partial charge is 0.478 e. The molecule has 0 atom stereocenters. The normalized spacial score (nSPS) is 11.5. The summed E-state index contributed by atoms with van der Waals surface area (Å²) in [6, 6.07) is 10.2. The van der Waals surface area contributed by atoms with Crippen molar-refractivity contribution in [3.8, 4) is 0 Å². The molecule has 0 amide bonds. The van der Waals surface area contributed by atoms with Gasteiger partial charge in [-0.2, -0.15) is 0 Å². The van der Waals surface area contributed by atoms with Crippen LogP contribution in [-0.4, -0.2) is 44.3 Å². The fourth-order valence-corrected chi connectivity index (χ4v) is 2.60. The smallest absolute Gasteiger partial charge is 0.335 e. The Morgan fingerprint density at radius 1 is 0.469 bits per heavy atom. The van der Waals surface area contributed by atoms with Crippen LogP contribution in [0.25, 0.3) is 0 Å². The van der Waals surface area contributed by atoms with Crippen molar-refractivity contribution in [2.24, 2.45) is 0 Å². The molecule has 2 aromatic rings. The molecule has 1 fully saturated rings. The Morgan fingerprint density at radius 3 is 0.938 bits per heavy atom. The third-order valence-corrected chi connectivity index (χ3v) is 4.24. The number of rotatable bonds is 4. The summed E-state index contributed by atoms with van der Waals surface area (Å²) in [6.07, 6.45) is 9.00. The summed E-state index contributed by atoms with van der Waals surface area (Å²) in [6.45, 7) is 0. The van der Waals surface area contributed by atoms with Crippen LogP contribution in [0.15, 0.2) is 48.5 Å². The van der Waals surface area contributed by atoms with Crippen molar-refractivity contribution in [3.63, 3.8) is 0 Å². The van der Waals surface area contributed by atoms with Crippen molar-refractivity contribution in [2.75, 3.05) is 0 Å². The van der Waals surface area contributed by atoms with Crippen molar-refractivity contribution in [3.05, 3.63) is 70.8 Å². The zero-order chi connectivity index (χ0) is 22.5. The lowest BCUT2D eigenvalue weighted by Gasteiger charge is -2.05. The third-order valence-electron chi connectivity index (χ3n) is 4.24. The molecule has 1 saturated carbocycles. The zero-order valence-corrected chi connectivity index (χ0v) is 17.7. The van der Waals surface area contributed by atoms with Crippen molar-refractivity contribution >= 4 is 23.9 Å². The number of carboxylic acids is 4. The highest BCUT2D eigenvalue weighted by Crippen LogP contribution is 2.15. The molecule has 0 aromatic heterocycles. The van der Waals surface area contributed by atoms with Gasteiger partial charge in [-0.15, -0.1) is 0 Å². The number of carbonyl (C=O) groups is 4. The minimum Gasteiger partial charge on any atom is -0.478 e. The van der Waals surface area contributed by atoms with Gasteiger partial charge in [0.05, 0.1) is 22.3 Å². The molecule has 10 N–H and O–H groups in total. The van der Waals surface area contributed by atoms with E-state index in [4.69, 9.17) is 20.4 Å². The Bertz CT molecular complexity index is 804. The minimum absolute atomic E-state index is 0. The second-order valence-corrected chi connectivity index (χ2v) is 6.50. The highest BCUT2D eigenvalue weighted by atomic mass is 16.4. The van der Waals surface area contributed by atoms with Crippen molar-refractivity contribution < 1.29 is 39.6 Å². The topological polar surface area (TPSA) is 219 Å². The quantitative estimate of drug-likeness (QED) is 0.372. The van der Waals surface area contributed by atoms with E-state index in [9.17, 15) is 19.2 Å². The minimum atomic E-state index is -1.13. The average molecular weight is 450 g/mol. The van der Waals surface area contributed by atoms with E-state index in [1.54, 1.807) is 0 Å². The Labute approximate surface area is 185 Å². The van der Waals surface area contributed by atoms with Crippen LogP contribution in [0.4, 0.5) is 0 Å².